The van der Waals surface area contributed by atoms with Crippen LogP contribution in [0.25, 0.3) is 11.3 Å². The number of nitrogens with two attached hydrogens (primary N) is 1. The first-order valence-electron chi connectivity index (χ1n) is 12.5. The second-order valence-electron chi connectivity index (χ2n) is 9.46. The van der Waals surface area contributed by atoms with Crippen LogP contribution in [0.15, 0.2) is 48.7 Å². The molecule has 2 aliphatic heterocycles. The molecular weight excluding hydrogens is 440 g/mol. The highest BCUT2D eigenvalue weighted by Crippen LogP contribution is 2.38. The molecule has 2 unspecified atom stereocenters. The molecule has 2 bridgehead atoms. The van der Waals surface area contributed by atoms with Gasteiger partial charge in [0.05, 0.1) is 24.6 Å². The molecule has 0 spiro atoms. The van der Waals surface area contributed by atoms with Crippen LogP contribution in [-0.4, -0.2) is 65.3 Å². The minimum Gasteiger partial charge on any atom is -0.394 e. The average molecular weight is 475 g/mol. The molecule has 0 radical (unpaired) electrons. The van der Waals surface area contributed by atoms with Crippen molar-refractivity contribution in [3.05, 3.63) is 59.9 Å². The van der Waals surface area contributed by atoms with Gasteiger partial charge >= 0.3 is 0 Å². The predicted octanol–water partition coefficient (Wildman–Crippen LogP) is 3.23. The van der Waals surface area contributed by atoms with Crippen molar-refractivity contribution in [3.8, 4) is 11.3 Å². The number of fused-ring (bicyclic) bond motifs is 2. The summed E-state index contributed by atoms with van der Waals surface area (Å²) < 4.78 is 5.39. The Bertz CT molecular complexity index is 1140. The van der Waals surface area contributed by atoms with Gasteiger partial charge < -0.3 is 25.4 Å². The zero-order valence-corrected chi connectivity index (χ0v) is 20.3. The molecule has 2 fully saturated rings. The third-order valence-electron chi connectivity index (χ3n) is 7.10. The van der Waals surface area contributed by atoms with Gasteiger partial charge in [0.1, 0.15) is 0 Å². The van der Waals surface area contributed by atoms with Crippen molar-refractivity contribution in [2.24, 2.45) is 0 Å². The van der Waals surface area contributed by atoms with Crippen LogP contribution in [-0.2, 0) is 11.2 Å². The summed E-state index contributed by atoms with van der Waals surface area (Å²) in [5.41, 5.74) is 12.8. The van der Waals surface area contributed by atoms with E-state index in [4.69, 9.17) is 15.6 Å². The van der Waals surface area contributed by atoms with E-state index < -0.39 is 0 Å². The lowest BCUT2D eigenvalue weighted by Gasteiger charge is -2.43. The van der Waals surface area contributed by atoms with Gasteiger partial charge in [-0.2, -0.15) is 0 Å². The Kier molecular flexibility index (Phi) is 7.11. The molecule has 35 heavy (non-hydrogen) atoms. The number of aromatic nitrogens is 3. The van der Waals surface area contributed by atoms with E-state index in [-0.39, 0.29) is 6.61 Å². The maximum atomic E-state index is 8.84. The molecule has 0 saturated carbocycles. The number of ether oxygens (including phenoxy) is 1. The average Bonchev–Trinajstić information content (AvgIpc) is 3.14. The number of aliphatic hydroxyl groups excluding tert-OH is 1. The van der Waals surface area contributed by atoms with Crippen molar-refractivity contribution in [2.45, 2.75) is 44.7 Å². The maximum Gasteiger partial charge on any atom is 0.169 e. The van der Waals surface area contributed by atoms with Crippen LogP contribution in [0.3, 0.4) is 0 Å². The highest BCUT2D eigenvalue weighted by molar-refractivity contribution is 5.73. The molecule has 2 aliphatic rings. The Balaban J connectivity index is 1.31. The molecule has 184 valence electrons. The number of benzene rings is 1. The monoisotopic (exact) mass is 474 g/mol. The number of piperazine rings is 1. The van der Waals surface area contributed by atoms with Gasteiger partial charge in [0.25, 0.3) is 0 Å². The van der Waals surface area contributed by atoms with Crippen LogP contribution >= 0.6 is 0 Å². The van der Waals surface area contributed by atoms with Gasteiger partial charge in [-0.3, -0.25) is 4.98 Å². The topological polar surface area (TPSA) is 101 Å². The molecule has 0 aliphatic carbocycles. The Morgan fingerprint density at radius 1 is 1.06 bits per heavy atom. The number of hydrogen-bond acceptors (Lipinski definition) is 8. The summed E-state index contributed by atoms with van der Waals surface area (Å²) in [6, 6.07) is 15.6. The molecule has 1 aromatic carbocycles. The molecule has 3 aromatic rings. The molecule has 5 rings (SSSR count). The van der Waals surface area contributed by atoms with Gasteiger partial charge in [-0.15, -0.1) is 10.2 Å². The van der Waals surface area contributed by atoms with Gasteiger partial charge in [-0.05, 0) is 56.4 Å². The first kappa shape index (κ1) is 23.5. The number of anilines is 3. The summed E-state index contributed by atoms with van der Waals surface area (Å²) in [4.78, 5) is 9.54. The Morgan fingerprint density at radius 2 is 1.86 bits per heavy atom. The molecule has 8 nitrogen and oxygen atoms in total. The van der Waals surface area contributed by atoms with Crippen molar-refractivity contribution in [1.29, 1.82) is 0 Å². The van der Waals surface area contributed by atoms with Crippen LogP contribution in [0.1, 0.15) is 30.5 Å². The van der Waals surface area contributed by atoms with Crippen molar-refractivity contribution in [3.63, 3.8) is 0 Å². The zero-order chi connectivity index (χ0) is 24.2. The van der Waals surface area contributed by atoms with Gasteiger partial charge in [0.15, 0.2) is 5.82 Å². The maximum absolute atomic E-state index is 8.84. The van der Waals surface area contributed by atoms with Crippen molar-refractivity contribution < 1.29 is 9.84 Å². The van der Waals surface area contributed by atoms with E-state index in [1.165, 1.54) is 11.3 Å². The fourth-order valence-corrected chi connectivity index (χ4v) is 5.44. The summed E-state index contributed by atoms with van der Waals surface area (Å²) in [7, 11) is 0. The summed E-state index contributed by atoms with van der Waals surface area (Å²) >= 11 is 0. The minimum absolute atomic E-state index is 0.0664. The number of hydrogen-bond donors (Lipinski definition) is 2. The van der Waals surface area contributed by atoms with Crippen LogP contribution in [0, 0.1) is 6.92 Å². The Hall–Kier alpha value is -3.23. The second-order valence-corrected chi connectivity index (χ2v) is 9.46. The largest absolute Gasteiger partial charge is 0.394 e. The highest BCUT2D eigenvalue weighted by atomic mass is 16.5. The van der Waals surface area contributed by atoms with Crippen molar-refractivity contribution in [1.82, 2.24) is 15.2 Å². The van der Waals surface area contributed by atoms with E-state index in [1.807, 2.05) is 18.3 Å². The molecule has 2 aromatic heterocycles. The predicted molar refractivity (Wildman–Crippen MR) is 139 cm³/mol. The normalized spacial score (nSPS) is 19.4. The van der Waals surface area contributed by atoms with Gasteiger partial charge in [0, 0.05) is 54.9 Å². The molecule has 3 N–H and O–H groups in total. The summed E-state index contributed by atoms with van der Waals surface area (Å²) in [6.07, 6.45) is 6.02. The van der Waals surface area contributed by atoms with Crippen LogP contribution < -0.4 is 15.5 Å². The van der Waals surface area contributed by atoms with Crippen molar-refractivity contribution in [2.75, 3.05) is 48.4 Å². The fourth-order valence-electron chi connectivity index (χ4n) is 5.44. The summed E-state index contributed by atoms with van der Waals surface area (Å²) in [5, 5.41) is 17.6. The van der Waals surface area contributed by atoms with Gasteiger partial charge in [-0.1, -0.05) is 24.3 Å². The van der Waals surface area contributed by atoms with Crippen LogP contribution in [0.4, 0.5) is 17.2 Å². The number of nitrogen functional groups attached to an aromatic ring is 1. The third-order valence-corrected chi connectivity index (χ3v) is 7.10. The first-order valence-corrected chi connectivity index (χ1v) is 12.5. The van der Waals surface area contributed by atoms with Crippen molar-refractivity contribution >= 4 is 17.2 Å². The lowest BCUT2D eigenvalue weighted by molar-refractivity contribution is 0.0908. The lowest BCUT2D eigenvalue weighted by atomic mass is 10.0. The molecule has 4 heterocycles. The number of nitrogens with zero attached hydrogens (tertiary/aromatic N) is 5. The zero-order valence-electron chi connectivity index (χ0n) is 20.3. The van der Waals surface area contributed by atoms with E-state index in [0.29, 0.717) is 31.1 Å². The van der Waals surface area contributed by atoms with Crippen LogP contribution in [0.2, 0.25) is 0 Å². The lowest BCUT2D eigenvalue weighted by Crippen LogP contribution is -2.54. The number of aliphatic hydroxyl groups is 1. The fraction of sp³-hybridized carbons (Fsp3) is 0.444. The molecule has 2 atom stereocenters. The SMILES string of the molecule is Cc1ccccc1-c1cc(N2CC3CCC(C2)N3c2ccnc(CCCOCCO)c2)c(N)nn1. The van der Waals surface area contributed by atoms with E-state index in [0.717, 1.165) is 61.4 Å². The number of pyridine rings is 1. The molecular formula is C27H34N6O2. The van der Waals surface area contributed by atoms with E-state index in [2.05, 4.69) is 62.2 Å². The summed E-state index contributed by atoms with van der Waals surface area (Å²) in [6.45, 7) is 5.01. The summed E-state index contributed by atoms with van der Waals surface area (Å²) in [5.74, 6) is 0.491. The number of aryl methyl sites for hydroxylation is 2. The van der Waals surface area contributed by atoms with Gasteiger partial charge in [0.2, 0.25) is 0 Å². The Labute approximate surface area is 206 Å². The first-order chi connectivity index (χ1) is 17.1. The standard InChI is InChI=1S/C27H34N6O2/c1-19-5-2-3-7-24(19)25-16-26(27(28)31-30-25)32-17-22-8-9-23(18-32)33(22)21-10-11-29-20(15-21)6-4-13-35-14-12-34/h2-3,5,7,10-11,15-16,22-23,34H,4,6,8-9,12-14,17-18H2,1H3,(H2,28,31). The number of rotatable bonds is 9. The molecule has 0 amide bonds. The Morgan fingerprint density at radius 3 is 2.63 bits per heavy atom. The molecule has 8 heteroatoms. The quantitative estimate of drug-likeness (QED) is 0.456. The third kappa shape index (κ3) is 5.09. The molecule has 2 saturated heterocycles. The van der Waals surface area contributed by atoms with Gasteiger partial charge in [-0.25, -0.2) is 0 Å². The van der Waals surface area contributed by atoms with E-state index in [1.54, 1.807) is 0 Å². The smallest absolute Gasteiger partial charge is 0.169 e. The van der Waals surface area contributed by atoms with Crippen LogP contribution in [0.5, 0.6) is 0 Å². The van der Waals surface area contributed by atoms with E-state index >= 15 is 0 Å². The highest BCUT2D eigenvalue weighted by Gasteiger charge is 2.40. The minimum atomic E-state index is 0.0664. The second kappa shape index (κ2) is 10.6. The van der Waals surface area contributed by atoms with E-state index in [9.17, 15) is 0 Å².